The average Bonchev–Trinajstić information content (AvgIpc) is 2.74. The average molecular weight is 441 g/mol. The van der Waals surface area contributed by atoms with E-state index in [0.29, 0.717) is 0 Å². The molecular weight excluding hydrogens is 423 g/mol. The summed E-state index contributed by atoms with van der Waals surface area (Å²) in [6.45, 7) is -1.10. The minimum Gasteiger partial charge on any atom is -0.491 e. The van der Waals surface area contributed by atoms with Crippen molar-refractivity contribution in [1.29, 1.82) is 0 Å². The zero-order chi connectivity index (χ0) is 23.0. The van der Waals surface area contributed by atoms with Crippen LogP contribution in [-0.4, -0.2) is 47.6 Å². The number of hydrogen-bond donors (Lipinski definition) is 3. The summed E-state index contributed by atoms with van der Waals surface area (Å²) in [6.07, 6.45) is -5.74. The quantitative estimate of drug-likeness (QED) is 0.403. The zero-order valence-corrected chi connectivity index (χ0v) is 15.9. The van der Waals surface area contributed by atoms with Crippen LogP contribution in [0.15, 0.2) is 48.5 Å². The van der Waals surface area contributed by atoms with Gasteiger partial charge < -0.3 is 20.5 Å². The van der Waals surface area contributed by atoms with Crippen molar-refractivity contribution >= 4 is 17.5 Å². The van der Waals surface area contributed by atoms with Gasteiger partial charge in [0, 0.05) is 24.2 Å². The molecule has 3 N–H and O–H groups in total. The largest absolute Gasteiger partial charge is 0.491 e. The summed E-state index contributed by atoms with van der Waals surface area (Å²) in [4.78, 5) is 33.8. The van der Waals surface area contributed by atoms with E-state index in [0.717, 1.165) is 24.3 Å². The number of carbonyl (C=O) groups is 2. The molecule has 2 aromatic rings. The Hall–Kier alpha value is -3.67. The van der Waals surface area contributed by atoms with E-state index in [1.54, 1.807) is 0 Å². The van der Waals surface area contributed by atoms with E-state index >= 15 is 0 Å². The third-order valence-electron chi connectivity index (χ3n) is 3.87. The molecule has 0 aliphatic heterocycles. The molecule has 2 aromatic carbocycles. The van der Waals surface area contributed by atoms with Crippen LogP contribution in [0, 0.1) is 10.1 Å². The first-order valence-electron chi connectivity index (χ1n) is 8.83. The van der Waals surface area contributed by atoms with Crippen LogP contribution in [-0.2, 0) is 11.0 Å². The number of ether oxygens (including phenoxy) is 1. The maximum absolute atomic E-state index is 12.7. The smallest absolute Gasteiger partial charge is 0.416 e. The lowest BCUT2D eigenvalue weighted by atomic mass is 10.2. The highest BCUT2D eigenvalue weighted by Gasteiger charge is 2.30. The van der Waals surface area contributed by atoms with Gasteiger partial charge in [-0.3, -0.25) is 19.7 Å². The Labute approximate surface area is 174 Å². The number of rotatable bonds is 9. The normalized spacial score (nSPS) is 12.0. The highest BCUT2D eigenvalue weighted by Crippen LogP contribution is 2.31. The minimum absolute atomic E-state index is 0.00322. The lowest BCUT2D eigenvalue weighted by Crippen LogP contribution is -2.41. The molecule has 9 nitrogen and oxygen atoms in total. The van der Waals surface area contributed by atoms with Crippen molar-refractivity contribution in [2.75, 3.05) is 19.7 Å². The van der Waals surface area contributed by atoms with Crippen molar-refractivity contribution in [2.45, 2.75) is 12.3 Å². The van der Waals surface area contributed by atoms with Crippen LogP contribution in [0.1, 0.15) is 15.9 Å². The molecule has 2 amide bonds. The second kappa shape index (κ2) is 10.4. The number of nitrogens with zero attached hydrogens (tertiary/aromatic N) is 1. The number of benzene rings is 2. The second-order valence-corrected chi connectivity index (χ2v) is 6.28. The number of non-ortho nitro benzene ring substituents is 1. The number of carbonyl (C=O) groups excluding carboxylic acids is 2. The first-order valence-corrected chi connectivity index (χ1v) is 8.83. The number of hydrogen-bond acceptors (Lipinski definition) is 6. The SMILES string of the molecule is O=C(CNC(=O)c1cccc([N+](=O)[O-])c1)NCC(O)COc1cccc(C(F)(F)F)c1. The predicted molar refractivity (Wildman–Crippen MR) is 101 cm³/mol. The first kappa shape index (κ1) is 23.6. The fraction of sp³-hybridized carbons (Fsp3) is 0.263. The topological polar surface area (TPSA) is 131 Å². The fourth-order valence-corrected chi connectivity index (χ4v) is 2.33. The van der Waals surface area contributed by atoms with Crippen LogP contribution in [0.3, 0.4) is 0 Å². The number of amides is 2. The summed E-state index contributed by atoms with van der Waals surface area (Å²) in [6, 6.07) is 9.07. The molecular formula is C19H18F3N3O6. The van der Waals surface area contributed by atoms with Crippen LogP contribution in [0.25, 0.3) is 0 Å². The fourth-order valence-electron chi connectivity index (χ4n) is 2.33. The van der Waals surface area contributed by atoms with Gasteiger partial charge in [-0.05, 0) is 24.3 Å². The van der Waals surface area contributed by atoms with Crippen LogP contribution in [0.4, 0.5) is 18.9 Å². The number of nitro groups is 1. The lowest BCUT2D eigenvalue weighted by Gasteiger charge is -2.14. The Morgan fingerprint density at radius 1 is 1.13 bits per heavy atom. The molecule has 1 unspecified atom stereocenters. The molecule has 0 saturated carbocycles. The van der Waals surface area contributed by atoms with Crippen molar-refractivity contribution in [2.24, 2.45) is 0 Å². The van der Waals surface area contributed by atoms with Crippen molar-refractivity contribution in [1.82, 2.24) is 10.6 Å². The van der Waals surface area contributed by atoms with Crippen LogP contribution in [0.5, 0.6) is 5.75 Å². The third-order valence-corrected chi connectivity index (χ3v) is 3.87. The molecule has 31 heavy (non-hydrogen) atoms. The van der Waals surface area contributed by atoms with E-state index in [4.69, 9.17) is 4.74 Å². The van der Waals surface area contributed by atoms with Gasteiger partial charge in [0.05, 0.1) is 17.0 Å². The Kier molecular flexibility index (Phi) is 7.91. The van der Waals surface area contributed by atoms with E-state index in [1.807, 2.05) is 0 Å². The summed E-state index contributed by atoms with van der Waals surface area (Å²) in [5.74, 6) is -1.45. The van der Waals surface area contributed by atoms with E-state index in [9.17, 15) is 38.0 Å². The predicted octanol–water partition coefficient (Wildman–Crippen LogP) is 1.90. The molecule has 12 heteroatoms. The summed E-state index contributed by atoms with van der Waals surface area (Å²) in [5, 5.41) is 25.1. The summed E-state index contributed by atoms with van der Waals surface area (Å²) in [5.41, 5.74) is -1.18. The number of aliphatic hydroxyl groups excluding tert-OH is 1. The minimum atomic E-state index is -4.53. The van der Waals surface area contributed by atoms with Crippen LogP contribution >= 0.6 is 0 Å². The molecule has 0 aromatic heterocycles. The highest BCUT2D eigenvalue weighted by atomic mass is 19.4. The number of alkyl halides is 3. The van der Waals surface area contributed by atoms with E-state index in [2.05, 4.69) is 10.6 Å². The van der Waals surface area contributed by atoms with Gasteiger partial charge in [-0.25, -0.2) is 0 Å². The van der Waals surface area contributed by atoms with Gasteiger partial charge in [0.25, 0.3) is 11.6 Å². The monoisotopic (exact) mass is 441 g/mol. The zero-order valence-electron chi connectivity index (χ0n) is 15.9. The third kappa shape index (κ3) is 7.59. The maximum atomic E-state index is 12.7. The first-order chi connectivity index (χ1) is 14.6. The number of nitro benzene ring substituents is 1. The van der Waals surface area contributed by atoms with Crippen LogP contribution < -0.4 is 15.4 Å². The Morgan fingerprint density at radius 3 is 2.52 bits per heavy atom. The van der Waals surface area contributed by atoms with Gasteiger partial charge in [0.1, 0.15) is 18.5 Å². The van der Waals surface area contributed by atoms with E-state index < -0.39 is 41.1 Å². The molecule has 0 spiro atoms. The van der Waals surface area contributed by atoms with Gasteiger partial charge in [0.2, 0.25) is 5.91 Å². The van der Waals surface area contributed by atoms with E-state index in [-0.39, 0.29) is 30.2 Å². The molecule has 0 heterocycles. The number of halogens is 3. The van der Waals surface area contributed by atoms with Crippen LogP contribution in [0.2, 0.25) is 0 Å². The van der Waals surface area contributed by atoms with Gasteiger partial charge in [-0.15, -0.1) is 0 Å². The highest BCUT2D eigenvalue weighted by molar-refractivity contribution is 5.96. The molecule has 0 aliphatic carbocycles. The molecule has 2 rings (SSSR count). The second-order valence-electron chi connectivity index (χ2n) is 6.28. The van der Waals surface area contributed by atoms with Gasteiger partial charge in [0.15, 0.2) is 0 Å². The molecule has 0 radical (unpaired) electrons. The summed E-state index contributed by atoms with van der Waals surface area (Å²) in [7, 11) is 0. The molecule has 166 valence electrons. The van der Waals surface area contributed by atoms with Crippen molar-refractivity contribution in [3.63, 3.8) is 0 Å². The molecule has 0 bridgehead atoms. The lowest BCUT2D eigenvalue weighted by molar-refractivity contribution is -0.384. The van der Waals surface area contributed by atoms with Gasteiger partial charge in [-0.2, -0.15) is 13.2 Å². The molecule has 1 atom stereocenters. The van der Waals surface area contributed by atoms with Crippen molar-refractivity contribution in [3.05, 3.63) is 69.8 Å². The molecule has 0 saturated heterocycles. The Bertz CT molecular complexity index is 951. The number of nitrogens with one attached hydrogen (secondary N) is 2. The van der Waals surface area contributed by atoms with E-state index in [1.165, 1.54) is 24.3 Å². The maximum Gasteiger partial charge on any atom is 0.416 e. The molecule has 0 fully saturated rings. The van der Waals surface area contributed by atoms with Gasteiger partial charge >= 0.3 is 6.18 Å². The Morgan fingerprint density at radius 2 is 1.84 bits per heavy atom. The summed E-state index contributed by atoms with van der Waals surface area (Å²) < 4.78 is 43.1. The van der Waals surface area contributed by atoms with Gasteiger partial charge in [-0.1, -0.05) is 12.1 Å². The van der Waals surface area contributed by atoms with Crippen molar-refractivity contribution in [3.8, 4) is 5.75 Å². The Balaban J connectivity index is 1.74. The summed E-state index contributed by atoms with van der Waals surface area (Å²) >= 11 is 0. The number of aliphatic hydroxyl groups is 1. The molecule has 0 aliphatic rings. The standard InChI is InChI=1S/C19H18F3N3O6/c20-19(21,22)13-4-2-6-16(8-13)31-11-15(26)9-23-17(27)10-24-18(28)12-3-1-5-14(7-12)25(29)30/h1-8,15,26H,9-11H2,(H,23,27)(H,24,28). The van der Waals surface area contributed by atoms with Crippen molar-refractivity contribution < 1.29 is 37.5 Å².